The number of alkyl carbamates (subject to hydrolysis) is 1. The lowest BCUT2D eigenvalue weighted by Crippen LogP contribution is -2.58. The molecule has 0 spiro atoms. The summed E-state index contributed by atoms with van der Waals surface area (Å²) in [4.78, 5) is 77.1. The Labute approximate surface area is 270 Å². The molecule has 5 amide bonds. The first kappa shape index (κ1) is 36.1. The van der Waals surface area contributed by atoms with Crippen LogP contribution in [0, 0.1) is 17.3 Å². The standard InChI is InChI=1S/C33H47N5O8/c1-20(2)15-25(28(40)36-24(16-22-11-13-34-27(22)39)17-23-12-14-45-30(23)42)37-29(41)26(18-35-31(43)33(3,4)5)38-32(44)46-19-21-9-7-6-8-10-21/h6-10,17,20,22,24-26H,11-16,18-19H2,1-5H3,(H,34,39)(H,35,43)(H,36,40)(H,37,41)(H,38,44)/b23-17+/t22-,24-,25-,26-/m0/s1. The summed E-state index contributed by atoms with van der Waals surface area (Å²) in [6.07, 6.45) is 2.27. The maximum Gasteiger partial charge on any atom is 0.408 e. The fraction of sp³-hybridized carbons (Fsp3) is 0.576. The summed E-state index contributed by atoms with van der Waals surface area (Å²) in [7, 11) is 0. The van der Waals surface area contributed by atoms with Gasteiger partial charge in [0.2, 0.25) is 23.6 Å². The number of nitrogens with one attached hydrogen (secondary N) is 5. The second-order valence-electron chi connectivity index (χ2n) is 13.1. The van der Waals surface area contributed by atoms with Gasteiger partial charge >= 0.3 is 12.1 Å². The highest BCUT2D eigenvalue weighted by Gasteiger charge is 2.33. The number of carbonyl (C=O) groups excluding carboxylic acids is 6. The van der Waals surface area contributed by atoms with Gasteiger partial charge in [-0.1, -0.05) is 71.0 Å². The van der Waals surface area contributed by atoms with Gasteiger partial charge in [-0.15, -0.1) is 0 Å². The van der Waals surface area contributed by atoms with Crippen molar-refractivity contribution in [2.45, 2.75) is 85.0 Å². The van der Waals surface area contributed by atoms with E-state index in [2.05, 4.69) is 26.6 Å². The number of ether oxygens (including phenoxy) is 2. The van der Waals surface area contributed by atoms with Crippen LogP contribution in [0.3, 0.4) is 0 Å². The Balaban J connectivity index is 1.75. The van der Waals surface area contributed by atoms with Gasteiger partial charge in [-0.05, 0) is 30.7 Å². The molecule has 1 aromatic carbocycles. The van der Waals surface area contributed by atoms with E-state index in [4.69, 9.17) is 9.47 Å². The molecule has 2 aliphatic rings. The van der Waals surface area contributed by atoms with Crippen LogP contribution in [0.1, 0.15) is 65.9 Å². The van der Waals surface area contributed by atoms with E-state index >= 15 is 0 Å². The Morgan fingerprint density at radius 2 is 1.72 bits per heavy atom. The number of hydrogen-bond acceptors (Lipinski definition) is 8. The second-order valence-corrected chi connectivity index (χ2v) is 13.1. The zero-order valence-electron chi connectivity index (χ0n) is 27.3. The highest BCUT2D eigenvalue weighted by atomic mass is 16.5. The summed E-state index contributed by atoms with van der Waals surface area (Å²) in [5.74, 6) is -2.50. The molecule has 5 N–H and O–H groups in total. The molecule has 46 heavy (non-hydrogen) atoms. The smallest absolute Gasteiger partial charge is 0.408 e. The molecule has 0 bridgehead atoms. The van der Waals surface area contributed by atoms with Gasteiger partial charge in [0, 0.05) is 42.5 Å². The molecule has 4 atom stereocenters. The third-order valence-electron chi connectivity index (χ3n) is 7.61. The highest BCUT2D eigenvalue weighted by Crippen LogP contribution is 2.21. The summed E-state index contributed by atoms with van der Waals surface area (Å²) in [6, 6.07) is 6.06. The van der Waals surface area contributed by atoms with Gasteiger partial charge in [0.05, 0.1) is 6.61 Å². The van der Waals surface area contributed by atoms with Gasteiger partial charge < -0.3 is 36.1 Å². The lowest BCUT2D eigenvalue weighted by atomic mass is 9.95. The molecule has 2 fully saturated rings. The summed E-state index contributed by atoms with van der Waals surface area (Å²) in [5.41, 5.74) is 0.417. The van der Waals surface area contributed by atoms with Crippen LogP contribution >= 0.6 is 0 Å². The Bertz CT molecular complexity index is 1290. The molecule has 0 aliphatic carbocycles. The van der Waals surface area contributed by atoms with Crippen LogP contribution in [0.2, 0.25) is 0 Å². The number of amides is 5. The van der Waals surface area contributed by atoms with Crippen molar-refractivity contribution in [2.24, 2.45) is 17.3 Å². The Kier molecular flexibility index (Phi) is 13.1. The summed E-state index contributed by atoms with van der Waals surface area (Å²) < 4.78 is 10.3. The van der Waals surface area contributed by atoms with E-state index in [1.807, 2.05) is 19.9 Å². The van der Waals surface area contributed by atoms with Crippen molar-refractivity contribution < 1.29 is 38.2 Å². The lowest BCUT2D eigenvalue weighted by molar-refractivity contribution is -0.135. The third kappa shape index (κ3) is 11.5. The van der Waals surface area contributed by atoms with Gasteiger partial charge in [0.15, 0.2) is 0 Å². The zero-order chi connectivity index (χ0) is 33.9. The maximum absolute atomic E-state index is 13.7. The van der Waals surface area contributed by atoms with Crippen LogP contribution in [-0.4, -0.2) is 73.5 Å². The van der Waals surface area contributed by atoms with Gasteiger partial charge in [0.1, 0.15) is 18.7 Å². The summed E-state index contributed by atoms with van der Waals surface area (Å²) in [6.45, 7) is 9.44. The molecule has 2 heterocycles. The third-order valence-corrected chi connectivity index (χ3v) is 7.61. The highest BCUT2D eigenvalue weighted by molar-refractivity contribution is 5.93. The molecule has 2 saturated heterocycles. The minimum Gasteiger partial charge on any atom is -0.462 e. The van der Waals surface area contributed by atoms with E-state index < -0.39 is 47.4 Å². The lowest BCUT2D eigenvalue weighted by Gasteiger charge is -2.27. The van der Waals surface area contributed by atoms with Crippen molar-refractivity contribution in [1.29, 1.82) is 0 Å². The van der Waals surface area contributed by atoms with Crippen LogP contribution in [0.5, 0.6) is 0 Å². The average molecular weight is 642 g/mol. The minimum atomic E-state index is -1.26. The van der Waals surface area contributed by atoms with Gasteiger partial charge in [0.25, 0.3) is 0 Å². The molecule has 13 heteroatoms. The summed E-state index contributed by atoms with van der Waals surface area (Å²) >= 11 is 0. The van der Waals surface area contributed by atoms with E-state index in [0.29, 0.717) is 25.0 Å². The topological polar surface area (TPSA) is 181 Å². The SMILES string of the molecule is CC(C)C[C@H](NC(=O)[C@H](CNC(=O)C(C)(C)C)NC(=O)OCc1ccccc1)C(=O)N[C@H](/C=C1\CCOC1=O)C[C@@H]1CCNC1=O. The summed E-state index contributed by atoms with van der Waals surface area (Å²) in [5, 5.41) is 13.6. The minimum absolute atomic E-state index is 0.0129. The molecule has 0 unspecified atom stereocenters. The van der Waals surface area contributed by atoms with E-state index in [1.165, 1.54) is 0 Å². The van der Waals surface area contributed by atoms with Crippen LogP contribution in [-0.2, 0) is 40.1 Å². The normalized spacial score (nSPS) is 19.1. The Morgan fingerprint density at radius 1 is 1.02 bits per heavy atom. The molecular weight excluding hydrogens is 594 g/mol. The van der Waals surface area contributed by atoms with Crippen LogP contribution in [0.25, 0.3) is 0 Å². The first-order valence-corrected chi connectivity index (χ1v) is 15.7. The molecule has 0 radical (unpaired) electrons. The number of cyclic esters (lactones) is 1. The number of rotatable bonds is 14. The fourth-order valence-electron chi connectivity index (χ4n) is 5.02. The number of hydrogen-bond donors (Lipinski definition) is 5. The number of carbonyl (C=O) groups is 6. The molecule has 13 nitrogen and oxygen atoms in total. The van der Waals surface area contributed by atoms with Gasteiger partial charge in [-0.2, -0.15) is 0 Å². The Hall–Kier alpha value is -4.42. The van der Waals surface area contributed by atoms with E-state index in [1.54, 1.807) is 51.1 Å². The van der Waals surface area contributed by atoms with E-state index in [9.17, 15) is 28.8 Å². The van der Waals surface area contributed by atoms with E-state index in [-0.39, 0.29) is 56.3 Å². The van der Waals surface area contributed by atoms with Crippen LogP contribution < -0.4 is 26.6 Å². The van der Waals surface area contributed by atoms with Crippen LogP contribution in [0.4, 0.5) is 4.79 Å². The van der Waals surface area contributed by atoms with Crippen molar-refractivity contribution in [3.8, 4) is 0 Å². The van der Waals surface area contributed by atoms with Gasteiger partial charge in [-0.25, -0.2) is 9.59 Å². The van der Waals surface area contributed by atoms with Crippen molar-refractivity contribution in [3.63, 3.8) is 0 Å². The molecule has 0 aromatic heterocycles. The molecule has 1 aromatic rings. The first-order valence-electron chi connectivity index (χ1n) is 15.7. The molecular formula is C33H47N5O8. The quantitative estimate of drug-likeness (QED) is 0.151. The number of esters is 1. The first-order chi connectivity index (χ1) is 21.7. The second kappa shape index (κ2) is 16.8. The maximum atomic E-state index is 13.7. The Morgan fingerprint density at radius 3 is 2.30 bits per heavy atom. The van der Waals surface area contributed by atoms with Crippen molar-refractivity contribution in [3.05, 3.63) is 47.5 Å². The van der Waals surface area contributed by atoms with Gasteiger partial charge in [-0.3, -0.25) is 19.2 Å². The predicted octanol–water partition coefficient (Wildman–Crippen LogP) is 1.86. The van der Waals surface area contributed by atoms with Crippen molar-refractivity contribution in [2.75, 3.05) is 19.7 Å². The molecule has 252 valence electrons. The largest absolute Gasteiger partial charge is 0.462 e. The van der Waals surface area contributed by atoms with Crippen molar-refractivity contribution in [1.82, 2.24) is 26.6 Å². The number of benzene rings is 1. The molecule has 3 rings (SSSR count). The fourth-order valence-corrected chi connectivity index (χ4v) is 5.02. The molecule has 0 saturated carbocycles. The van der Waals surface area contributed by atoms with Crippen LogP contribution in [0.15, 0.2) is 42.0 Å². The van der Waals surface area contributed by atoms with E-state index in [0.717, 1.165) is 5.56 Å². The average Bonchev–Trinajstić information content (AvgIpc) is 3.59. The zero-order valence-corrected chi connectivity index (χ0v) is 27.3. The molecule has 2 aliphatic heterocycles. The predicted molar refractivity (Wildman–Crippen MR) is 169 cm³/mol. The monoisotopic (exact) mass is 641 g/mol. The van der Waals surface area contributed by atoms with Crippen molar-refractivity contribution >= 4 is 35.7 Å².